The second kappa shape index (κ2) is 7.09. The highest BCUT2D eigenvalue weighted by Crippen LogP contribution is 2.13. The van der Waals surface area contributed by atoms with Crippen LogP contribution < -0.4 is 0 Å². The molecule has 114 valence electrons. The maximum atomic E-state index is 12.5. The zero-order chi connectivity index (χ0) is 15.2. The van der Waals surface area contributed by atoms with Crippen molar-refractivity contribution in [2.24, 2.45) is 5.92 Å². The lowest BCUT2D eigenvalue weighted by molar-refractivity contribution is 0.0731. The zero-order valence-electron chi connectivity index (χ0n) is 12.3. The minimum absolute atomic E-state index is 0.0509. The van der Waals surface area contributed by atoms with E-state index in [1.165, 1.54) is 0 Å². The van der Waals surface area contributed by atoms with E-state index in [0.29, 0.717) is 38.4 Å². The van der Waals surface area contributed by atoms with Crippen molar-refractivity contribution in [3.63, 3.8) is 0 Å². The van der Waals surface area contributed by atoms with Crippen LogP contribution in [0.25, 0.3) is 0 Å². The van der Waals surface area contributed by atoms with Crippen LogP contribution in [0.4, 0.5) is 0 Å². The second-order valence-electron chi connectivity index (χ2n) is 5.28. The largest absolute Gasteiger partial charge is 0.379 e. The maximum absolute atomic E-state index is 12.5. The monoisotopic (exact) mass is 298 g/mol. The lowest BCUT2D eigenvalue weighted by atomic mass is 10.1. The number of pyridine rings is 1. The molecule has 1 aliphatic heterocycles. The molecule has 0 saturated carbocycles. The molecule has 1 aliphatic rings. The quantitative estimate of drug-likeness (QED) is 0.852. The molecule has 22 heavy (non-hydrogen) atoms. The smallest absolute Gasteiger partial charge is 0.272 e. The fraction of sp³-hybridized carbons (Fsp3) is 0.375. The van der Waals surface area contributed by atoms with Crippen LogP contribution in [0.1, 0.15) is 16.3 Å². The fourth-order valence-corrected chi connectivity index (χ4v) is 2.53. The third kappa shape index (κ3) is 3.65. The molecule has 1 atom stereocenters. The van der Waals surface area contributed by atoms with Crippen molar-refractivity contribution >= 4 is 5.91 Å². The van der Waals surface area contributed by atoms with Crippen molar-refractivity contribution in [3.8, 4) is 0 Å². The number of rotatable bonds is 3. The summed E-state index contributed by atoms with van der Waals surface area (Å²) in [6.07, 6.45) is 5.80. The topological polar surface area (TPSA) is 68.2 Å². The standard InChI is InChI=1S/C16H18N4O2/c21-16(14-4-1-2-5-17-14)20-8-9-22-12-13(11-20)10-15-18-6-3-7-19-15/h1-7,13H,8-12H2/t13-/m0/s1. The summed E-state index contributed by atoms with van der Waals surface area (Å²) in [6.45, 7) is 2.38. The van der Waals surface area contributed by atoms with Crippen molar-refractivity contribution in [2.75, 3.05) is 26.3 Å². The normalized spacial score (nSPS) is 18.7. The van der Waals surface area contributed by atoms with Crippen LogP contribution in [0.15, 0.2) is 42.9 Å². The molecule has 3 heterocycles. The number of ether oxygens (including phenoxy) is 1. The van der Waals surface area contributed by atoms with E-state index >= 15 is 0 Å². The summed E-state index contributed by atoms with van der Waals surface area (Å²) in [4.78, 5) is 27.0. The van der Waals surface area contributed by atoms with E-state index in [9.17, 15) is 4.79 Å². The van der Waals surface area contributed by atoms with Crippen LogP contribution >= 0.6 is 0 Å². The molecule has 1 amide bonds. The van der Waals surface area contributed by atoms with Crippen LogP contribution in [0.5, 0.6) is 0 Å². The van der Waals surface area contributed by atoms with Gasteiger partial charge in [-0.2, -0.15) is 0 Å². The van der Waals surface area contributed by atoms with Crippen LogP contribution in [0.3, 0.4) is 0 Å². The molecule has 0 unspecified atom stereocenters. The number of amides is 1. The van der Waals surface area contributed by atoms with E-state index in [1.54, 1.807) is 36.8 Å². The van der Waals surface area contributed by atoms with Gasteiger partial charge in [0.25, 0.3) is 5.91 Å². The van der Waals surface area contributed by atoms with Gasteiger partial charge in [-0.15, -0.1) is 0 Å². The van der Waals surface area contributed by atoms with Gasteiger partial charge in [0.05, 0.1) is 13.2 Å². The maximum Gasteiger partial charge on any atom is 0.272 e. The van der Waals surface area contributed by atoms with E-state index in [0.717, 1.165) is 5.82 Å². The van der Waals surface area contributed by atoms with Crippen LogP contribution in [0, 0.1) is 5.92 Å². The number of aromatic nitrogens is 3. The van der Waals surface area contributed by atoms with Crippen LogP contribution in [-0.4, -0.2) is 52.1 Å². The molecule has 6 nitrogen and oxygen atoms in total. The molecular weight excluding hydrogens is 280 g/mol. The van der Waals surface area contributed by atoms with Crippen LogP contribution in [0.2, 0.25) is 0 Å². The number of carbonyl (C=O) groups excluding carboxylic acids is 1. The molecular formula is C16H18N4O2. The summed E-state index contributed by atoms with van der Waals surface area (Å²) < 4.78 is 5.63. The Bertz CT molecular complexity index is 606. The number of hydrogen-bond acceptors (Lipinski definition) is 5. The van der Waals surface area contributed by atoms with Crippen molar-refractivity contribution in [1.29, 1.82) is 0 Å². The van der Waals surface area contributed by atoms with E-state index in [1.807, 2.05) is 11.0 Å². The Morgan fingerprint density at radius 3 is 2.77 bits per heavy atom. The van der Waals surface area contributed by atoms with Gasteiger partial charge >= 0.3 is 0 Å². The molecule has 0 aliphatic carbocycles. The molecule has 0 bridgehead atoms. The summed E-state index contributed by atoms with van der Waals surface area (Å²) in [5, 5.41) is 0. The third-order valence-electron chi connectivity index (χ3n) is 3.60. The van der Waals surface area contributed by atoms with Gasteiger partial charge in [-0.05, 0) is 18.2 Å². The lowest BCUT2D eigenvalue weighted by Gasteiger charge is -2.22. The summed E-state index contributed by atoms with van der Waals surface area (Å²) in [7, 11) is 0. The summed E-state index contributed by atoms with van der Waals surface area (Å²) in [6, 6.07) is 7.16. The average molecular weight is 298 g/mol. The molecule has 0 N–H and O–H groups in total. The van der Waals surface area contributed by atoms with Crippen molar-refractivity contribution in [3.05, 3.63) is 54.4 Å². The van der Waals surface area contributed by atoms with Gasteiger partial charge in [0.2, 0.25) is 0 Å². The average Bonchev–Trinajstić information content (AvgIpc) is 2.81. The van der Waals surface area contributed by atoms with Gasteiger partial charge in [0.15, 0.2) is 0 Å². The third-order valence-corrected chi connectivity index (χ3v) is 3.60. The summed E-state index contributed by atoms with van der Waals surface area (Å²) in [5.41, 5.74) is 0.471. The number of carbonyl (C=O) groups is 1. The molecule has 2 aromatic rings. The van der Waals surface area contributed by atoms with Gasteiger partial charge < -0.3 is 9.64 Å². The molecule has 1 saturated heterocycles. The van der Waals surface area contributed by atoms with E-state index < -0.39 is 0 Å². The first kappa shape index (κ1) is 14.6. The lowest BCUT2D eigenvalue weighted by Crippen LogP contribution is -2.37. The highest BCUT2D eigenvalue weighted by molar-refractivity contribution is 5.92. The highest BCUT2D eigenvalue weighted by Gasteiger charge is 2.24. The molecule has 0 spiro atoms. The molecule has 3 rings (SSSR count). The predicted octanol–water partition coefficient (Wildman–Crippen LogP) is 1.20. The predicted molar refractivity (Wildman–Crippen MR) is 80.2 cm³/mol. The first-order chi connectivity index (χ1) is 10.8. The first-order valence-corrected chi connectivity index (χ1v) is 7.37. The minimum atomic E-state index is -0.0509. The van der Waals surface area contributed by atoms with Gasteiger partial charge in [-0.1, -0.05) is 6.07 Å². The highest BCUT2D eigenvalue weighted by atomic mass is 16.5. The van der Waals surface area contributed by atoms with Crippen LogP contribution in [-0.2, 0) is 11.2 Å². The molecule has 1 fully saturated rings. The zero-order valence-corrected chi connectivity index (χ0v) is 12.3. The van der Waals surface area contributed by atoms with E-state index in [2.05, 4.69) is 15.0 Å². The van der Waals surface area contributed by atoms with E-state index in [4.69, 9.17) is 4.74 Å². The van der Waals surface area contributed by atoms with Gasteiger partial charge in [-0.3, -0.25) is 9.78 Å². The Balaban J connectivity index is 1.69. The SMILES string of the molecule is O=C(c1ccccn1)N1CCOC[C@@H](Cc2ncccn2)C1. The Morgan fingerprint density at radius 1 is 1.18 bits per heavy atom. The Morgan fingerprint density at radius 2 is 2.00 bits per heavy atom. The Kier molecular flexibility index (Phi) is 4.70. The molecule has 2 aromatic heterocycles. The molecule has 0 radical (unpaired) electrons. The molecule has 0 aromatic carbocycles. The summed E-state index contributed by atoms with van der Waals surface area (Å²) in [5.74, 6) is 0.922. The minimum Gasteiger partial charge on any atom is -0.379 e. The van der Waals surface area contributed by atoms with Crippen molar-refractivity contribution in [1.82, 2.24) is 19.9 Å². The second-order valence-corrected chi connectivity index (χ2v) is 5.28. The Hall–Kier alpha value is -2.34. The van der Waals surface area contributed by atoms with E-state index in [-0.39, 0.29) is 11.8 Å². The molecule has 6 heteroatoms. The first-order valence-electron chi connectivity index (χ1n) is 7.37. The summed E-state index contributed by atoms with van der Waals surface area (Å²) >= 11 is 0. The van der Waals surface area contributed by atoms with Crippen molar-refractivity contribution in [2.45, 2.75) is 6.42 Å². The number of hydrogen-bond donors (Lipinski definition) is 0. The Labute approximate surface area is 129 Å². The number of nitrogens with zero attached hydrogens (tertiary/aromatic N) is 4. The van der Waals surface area contributed by atoms with Crippen molar-refractivity contribution < 1.29 is 9.53 Å². The van der Waals surface area contributed by atoms with Gasteiger partial charge in [-0.25, -0.2) is 9.97 Å². The fourth-order valence-electron chi connectivity index (χ4n) is 2.53. The van der Waals surface area contributed by atoms with Gasteiger partial charge in [0.1, 0.15) is 11.5 Å². The van der Waals surface area contributed by atoms with Gasteiger partial charge in [0, 0.05) is 44.0 Å².